The summed E-state index contributed by atoms with van der Waals surface area (Å²) in [6.45, 7) is 4.82. The van der Waals surface area contributed by atoms with Gasteiger partial charge in [0.25, 0.3) is 5.91 Å². The molecule has 100 valence electrons. The zero-order valence-corrected chi connectivity index (χ0v) is 10.9. The maximum atomic E-state index is 12.0. The standard InChI is InChI=1S/C13H16N4O2/c1-3-17-8-15-16-12(17)7-14-13(19)10-4-5-11(18)9(2)6-10/h4-6,8,18H,3,7H2,1-2H3,(H,14,19). The van der Waals surface area contributed by atoms with Crippen molar-refractivity contribution in [3.05, 3.63) is 41.5 Å². The van der Waals surface area contributed by atoms with Crippen molar-refractivity contribution in [2.24, 2.45) is 0 Å². The molecule has 1 aromatic carbocycles. The van der Waals surface area contributed by atoms with Gasteiger partial charge in [0.05, 0.1) is 6.54 Å². The second kappa shape index (κ2) is 5.51. The molecule has 0 bridgehead atoms. The molecule has 6 nitrogen and oxygen atoms in total. The molecule has 0 atom stereocenters. The number of carbonyl (C=O) groups excluding carboxylic acids is 1. The van der Waals surface area contributed by atoms with Crippen LogP contribution in [0.4, 0.5) is 0 Å². The number of nitrogens with one attached hydrogen (secondary N) is 1. The van der Waals surface area contributed by atoms with Gasteiger partial charge in [-0.25, -0.2) is 0 Å². The van der Waals surface area contributed by atoms with Crippen LogP contribution in [0.1, 0.15) is 28.7 Å². The largest absolute Gasteiger partial charge is 0.508 e. The topological polar surface area (TPSA) is 80.0 Å². The van der Waals surface area contributed by atoms with E-state index in [1.54, 1.807) is 25.4 Å². The van der Waals surface area contributed by atoms with E-state index >= 15 is 0 Å². The monoisotopic (exact) mass is 260 g/mol. The first-order valence-corrected chi connectivity index (χ1v) is 6.06. The number of phenolic OH excluding ortho intramolecular Hbond substituents is 1. The van der Waals surface area contributed by atoms with Crippen molar-refractivity contribution in [2.45, 2.75) is 26.9 Å². The fourth-order valence-corrected chi connectivity index (χ4v) is 1.74. The van der Waals surface area contributed by atoms with Gasteiger partial charge in [0.15, 0.2) is 5.82 Å². The van der Waals surface area contributed by atoms with Crippen LogP contribution in [0.25, 0.3) is 0 Å². The average Bonchev–Trinajstić information content (AvgIpc) is 2.86. The highest BCUT2D eigenvalue weighted by Crippen LogP contribution is 2.16. The SMILES string of the molecule is CCn1cnnc1CNC(=O)c1ccc(O)c(C)c1. The highest BCUT2D eigenvalue weighted by Gasteiger charge is 2.09. The third kappa shape index (κ3) is 2.90. The lowest BCUT2D eigenvalue weighted by Gasteiger charge is -2.07. The fraction of sp³-hybridized carbons (Fsp3) is 0.308. The van der Waals surface area contributed by atoms with E-state index in [2.05, 4.69) is 15.5 Å². The van der Waals surface area contributed by atoms with Crippen molar-refractivity contribution >= 4 is 5.91 Å². The van der Waals surface area contributed by atoms with Crippen LogP contribution in [0, 0.1) is 6.92 Å². The Bertz CT molecular complexity index is 592. The molecule has 0 aliphatic carbocycles. The van der Waals surface area contributed by atoms with Crippen molar-refractivity contribution in [3.8, 4) is 5.75 Å². The summed E-state index contributed by atoms with van der Waals surface area (Å²) in [6, 6.07) is 4.75. The molecule has 0 aliphatic heterocycles. The Hall–Kier alpha value is -2.37. The minimum absolute atomic E-state index is 0.183. The maximum absolute atomic E-state index is 12.0. The minimum Gasteiger partial charge on any atom is -0.508 e. The lowest BCUT2D eigenvalue weighted by Crippen LogP contribution is -2.24. The number of aromatic nitrogens is 3. The maximum Gasteiger partial charge on any atom is 0.251 e. The van der Waals surface area contributed by atoms with Gasteiger partial charge < -0.3 is 15.0 Å². The molecule has 19 heavy (non-hydrogen) atoms. The van der Waals surface area contributed by atoms with Crippen LogP contribution in [0.3, 0.4) is 0 Å². The van der Waals surface area contributed by atoms with E-state index in [4.69, 9.17) is 0 Å². The lowest BCUT2D eigenvalue weighted by molar-refractivity contribution is 0.0949. The second-order valence-electron chi connectivity index (χ2n) is 4.22. The third-order valence-electron chi connectivity index (χ3n) is 2.90. The quantitative estimate of drug-likeness (QED) is 0.866. The lowest BCUT2D eigenvalue weighted by atomic mass is 10.1. The van der Waals surface area contributed by atoms with Gasteiger partial charge in [-0.1, -0.05) is 0 Å². The van der Waals surface area contributed by atoms with Crippen LogP contribution in [-0.4, -0.2) is 25.8 Å². The van der Waals surface area contributed by atoms with Crippen LogP contribution < -0.4 is 5.32 Å². The molecule has 0 saturated heterocycles. The van der Waals surface area contributed by atoms with Crippen LogP contribution >= 0.6 is 0 Å². The normalized spacial score (nSPS) is 10.4. The Morgan fingerprint density at radius 1 is 1.47 bits per heavy atom. The predicted octanol–water partition coefficient (Wildman–Crippen LogP) is 1.24. The van der Waals surface area contributed by atoms with Gasteiger partial charge in [0.1, 0.15) is 12.1 Å². The molecule has 0 radical (unpaired) electrons. The van der Waals surface area contributed by atoms with Gasteiger partial charge in [-0.05, 0) is 37.6 Å². The summed E-state index contributed by atoms with van der Waals surface area (Å²) in [5.74, 6) is 0.697. The minimum atomic E-state index is -0.200. The van der Waals surface area contributed by atoms with Crippen molar-refractivity contribution in [3.63, 3.8) is 0 Å². The summed E-state index contributed by atoms with van der Waals surface area (Å²) in [5.41, 5.74) is 1.18. The summed E-state index contributed by atoms with van der Waals surface area (Å²) in [5, 5.41) is 19.9. The van der Waals surface area contributed by atoms with Crippen LogP contribution in [0.15, 0.2) is 24.5 Å². The first-order valence-electron chi connectivity index (χ1n) is 6.06. The molecule has 2 rings (SSSR count). The van der Waals surface area contributed by atoms with Gasteiger partial charge >= 0.3 is 0 Å². The third-order valence-corrected chi connectivity index (χ3v) is 2.90. The summed E-state index contributed by atoms with van der Waals surface area (Å²) >= 11 is 0. The Kier molecular flexibility index (Phi) is 3.79. The van der Waals surface area contributed by atoms with E-state index in [0.717, 1.165) is 6.54 Å². The van der Waals surface area contributed by atoms with E-state index < -0.39 is 0 Å². The van der Waals surface area contributed by atoms with E-state index in [1.807, 2.05) is 11.5 Å². The number of aromatic hydroxyl groups is 1. The molecule has 0 fully saturated rings. The Morgan fingerprint density at radius 2 is 2.26 bits per heavy atom. The first kappa shape index (κ1) is 13.1. The van der Waals surface area contributed by atoms with Crippen LogP contribution in [-0.2, 0) is 13.1 Å². The van der Waals surface area contributed by atoms with Crippen LogP contribution in [0.5, 0.6) is 5.75 Å². The van der Waals surface area contributed by atoms with Crippen molar-refractivity contribution in [2.75, 3.05) is 0 Å². The molecule has 0 saturated carbocycles. The number of benzene rings is 1. The highest BCUT2D eigenvalue weighted by atomic mass is 16.3. The molecule has 1 aromatic heterocycles. The van der Waals surface area contributed by atoms with Crippen molar-refractivity contribution in [1.82, 2.24) is 20.1 Å². The number of aryl methyl sites for hydroxylation is 2. The number of phenols is 1. The summed E-state index contributed by atoms with van der Waals surface area (Å²) in [7, 11) is 0. The van der Waals surface area contributed by atoms with E-state index in [-0.39, 0.29) is 11.7 Å². The summed E-state index contributed by atoms with van der Waals surface area (Å²) in [4.78, 5) is 12.0. The van der Waals surface area contributed by atoms with E-state index in [9.17, 15) is 9.90 Å². The molecule has 1 heterocycles. The molecule has 0 aliphatic rings. The number of hydrogen-bond acceptors (Lipinski definition) is 4. The van der Waals surface area contributed by atoms with E-state index in [0.29, 0.717) is 23.5 Å². The average molecular weight is 260 g/mol. The first-order chi connectivity index (χ1) is 9.11. The molecule has 6 heteroatoms. The molecule has 0 unspecified atom stereocenters. The van der Waals surface area contributed by atoms with Gasteiger partial charge in [0.2, 0.25) is 0 Å². The zero-order chi connectivity index (χ0) is 13.8. The Labute approximate surface area is 111 Å². The van der Waals surface area contributed by atoms with Crippen molar-refractivity contribution in [1.29, 1.82) is 0 Å². The smallest absolute Gasteiger partial charge is 0.251 e. The molecular weight excluding hydrogens is 244 g/mol. The highest BCUT2D eigenvalue weighted by molar-refractivity contribution is 5.94. The molecule has 1 amide bonds. The molecular formula is C13H16N4O2. The Balaban J connectivity index is 2.03. The Morgan fingerprint density at radius 3 is 2.95 bits per heavy atom. The van der Waals surface area contributed by atoms with Gasteiger partial charge in [-0.2, -0.15) is 0 Å². The summed E-state index contributed by atoms with van der Waals surface area (Å²) < 4.78 is 1.86. The molecule has 2 N–H and O–H groups in total. The van der Waals surface area contributed by atoms with E-state index in [1.165, 1.54) is 6.07 Å². The molecule has 0 spiro atoms. The van der Waals surface area contributed by atoms with Gasteiger partial charge in [0, 0.05) is 12.1 Å². The van der Waals surface area contributed by atoms with Crippen molar-refractivity contribution < 1.29 is 9.90 Å². The number of hydrogen-bond donors (Lipinski definition) is 2. The fourth-order valence-electron chi connectivity index (χ4n) is 1.74. The van der Waals surface area contributed by atoms with Gasteiger partial charge in [-0.15, -0.1) is 10.2 Å². The summed E-state index contributed by atoms with van der Waals surface area (Å²) in [6.07, 6.45) is 1.63. The predicted molar refractivity (Wildman–Crippen MR) is 69.7 cm³/mol. The number of nitrogens with zero attached hydrogens (tertiary/aromatic N) is 3. The number of carbonyl (C=O) groups is 1. The molecule has 2 aromatic rings. The van der Waals surface area contributed by atoms with Gasteiger partial charge in [-0.3, -0.25) is 4.79 Å². The number of amides is 1. The second-order valence-corrected chi connectivity index (χ2v) is 4.22. The number of rotatable bonds is 4. The van der Waals surface area contributed by atoms with Crippen LogP contribution in [0.2, 0.25) is 0 Å². The zero-order valence-electron chi connectivity index (χ0n) is 10.9.